The second kappa shape index (κ2) is 7.16. The van der Waals surface area contributed by atoms with Crippen LogP contribution in [-0.4, -0.2) is 29.3 Å². The molecule has 1 N–H and O–H groups in total. The molecule has 0 aliphatic heterocycles. The van der Waals surface area contributed by atoms with Gasteiger partial charge in [0.25, 0.3) is 0 Å². The highest BCUT2D eigenvalue weighted by atomic mass is 32.1. The number of amides is 1. The number of alkyl carbamates (subject to hydrolysis) is 1. The summed E-state index contributed by atoms with van der Waals surface area (Å²) < 4.78 is 48.3. The zero-order chi connectivity index (χ0) is 17.8. The van der Waals surface area contributed by atoms with Crippen molar-refractivity contribution in [3.05, 3.63) is 15.6 Å². The fourth-order valence-corrected chi connectivity index (χ4v) is 2.35. The van der Waals surface area contributed by atoms with Crippen LogP contribution in [0.15, 0.2) is 0 Å². The Morgan fingerprint density at radius 1 is 1.26 bits per heavy atom. The number of thiazole rings is 1. The normalized spacial score (nSPS) is 12.0. The maximum Gasteiger partial charge on any atom is 0.435 e. The first-order valence-corrected chi connectivity index (χ1v) is 7.46. The van der Waals surface area contributed by atoms with E-state index in [1.54, 1.807) is 20.8 Å². The molecule has 0 aromatic carbocycles. The minimum Gasteiger partial charge on any atom is -0.462 e. The van der Waals surface area contributed by atoms with Crippen molar-refractivity contribution < 1.29 is 32.2 Å². The van der Waals surface area contributed by atoms with Crippen LogP contribution in [0.3, 0.4) is 0 Å². The molecule has 1 rings (SSSR count). The maximum absolute atomic E-state index is 12.9. The smallest absolute Gasteiger partial charge is 0.435 e. The van der Waals surface area contributed by atoms with Gasteiger partial charge in [-0.2, -0.15) is 13.2 Å². The second-order valence-electron chi connectivity index (χ2n) is 5.36. The van der Waals surface area contributed by atoms with Crippen LogP contribution in [0.5, 0.6) is 0 Å². The van der Waals surface area contributed by atoms with Crippen molar-refractivity contribution in [1.82, 2.24) is 10.3 Å². The van der Waals surface area contributed by atoms with Gasteiger partial charge in [0.05, 0.1) is 13.2 Å². The molecule has 0 unspecified atom stereocenters. The van der Waals surface area contributed by atoms with E-state index in [1.165, 1.54) is 6.92 Å². The van der Waals surface area contributed by atoms with E-state index in [0.717, 1.165) is 0 Å². The van der Waals surface area contributed by atoms with Gasteiger partial charge in [-0.05, 0) is 27.7 Å². The van der Waals surface area contributed by atoms with Crippen LogP contribution >= 0.6 is 11.3 Å². The zero-order valence-corrected chi connectivity index (χ0v) is 13.9. The average molecular weight is 354 g/mol. The van der Waals surface area contributed by atoms with E-state index in [0.29, 0.717) is 11.3 Å². The van der Waals surface area contributed by atoms with E-state index in [-0.39, 0.29) is 18.2 Å². The minimum absolute atomic E-state index is 0.0560. The molecular weight excluding hydrogens is 337 g/mol. The van der Waals surface area contributed by atoms with Crippen molar-refractivity contribution in [2.45, 2.75) is 46.0 Å². The summed E-state index contributed by atoms with van der Waals surface area (Å²) in [6.07, 6.45) is -5.58. The van der Waals surface area contributed by atoms with Crippen LogP contribution in [0, 0.1) is 0 Å². The number of carbonyl (C=O) groups excluding carboxylic acids is 2. The molecule has 0 radical (unpaired) electrons. The Balaban J connectivity index is 2.89. The first-order valence-electron chi connectivity index (χ1n) is 6.65. The summed E-state index contributed by atoms with van der Waals surface area (Å²) in [6, 6.07) is 0. The highest BCUT2D eigenvalue weighted by Crippen LogP contribution is 2.34. The fraction of sp³-hybridized carbons (Fsp3) is 0.615. The lowest BCUT2D eigenvalue weighted by Crippen LogP contribution is -2.32. The molecule has 0 spiro atoms. The van der Waals surface area contributed by atoms with Crippen molar-refractivity contribution in [2.75, 3.05) is 6.61 Å². The molecule has 0 aliphatic carbocycles. The largest absolute Gasteiger partial charge is 0.462 e. The molecule has 1 amide bonds. The molecule has 6 nitrogen and oxygen atoms in total. The number of carbonyl (C=O) groups is 2. The van der Waals surface area contributed by atoms with E-state index >= 15 is 0 Å². The molecule has 130 valence electrons. The van der Waals surface area contributed by atoms with Gasteiger partial charge >= 0.3 is 18.2 Å². The SMILES string of the molecule is CCOC(=O)c1sc(CNC(=O)OC(C)(C)C)nc1C(F)(F)F. The summed E-state index contributed by atoms with van der Waals surface area (Å²) in [5.74, 6) is -1.10. The summed E-state index contributed by atoms with van der Waals surface area (Å²) in [5.41, 5.74) is -2.05. The van der Waals surface area contributed by atoms with Gasteiger partial charge in [-0.15, -0.1) is 11.3 Å². The van der Waals surface area contributed by atoms with Crippen molar-refractivity contribution in [3.63, 3.8) is 0 Å². The quantitative estimate of drug-likeness (QED) is 0.839. The molecular formula is C13H17F3N2O4S. The number of halogens is 3. The maximum atomic E-state index is 12.9. The average Bonchev–Trinajstić information content (AvgIpc) is 2.78. The first-order chi connectivity index (χ1) is 10.4. The molecule has 0 atom stereocenters. The lowest BCUT2D eigenvalue weighted by Gasteiger charge is -2.19. The Bertz CT molecular complexity index is 579. The Morgan fingerprint density at radius 2 is 1.87 bits per heavy atom. The summed E-state index contributed by atoms with van der Waals surface area (Å²) in [7, 11) is 0. The lowest BCUT2D eigenvalue weighted by atomic mass is 10.2. The van der Waals surface area contributed by atoms with Gasteiger partial charge in [0.1, 0.15) is 15.5 Å². The first kappa shape index (κ1) is 19.2. The van der Waals surface area contributed by atoms with Gasteiger partial charge < -0.3 is 14.8 Å². The van der Waals surface area contributed by atoms with E-state index in [2.05, 4.69) is 15.0 Å². The fourth-order valence-electron chi connectivity index (χ4n) is 1.43. The lowest BCUT2D eigenvalue weighted by molar-refractivity contribution is -0.141. The third-order valence-electron chi connectivity index (χ3n) is 2.18. The number of nitrogens with one attached hydrogen (secondary N) is 1. The van der Waals surface area contributed by atoms with Crippen molar-refractivity contribution in [1.29, 1.82) is 0 Å². The summed E-state index contributed by atoms with van der Waals surface area (Å²) in [6.45, 7) is 6.09. The van der Waals surface area contributed by atoms with Crippen LogP contribution in [-0.2, 0) is 22.2 Å². The van der Waals surface area contributed by atoms with Crippen LogP contribution in [0.4, 0.5) is 18.0 Å². The van der Waals surface area contributed by atoms with Gasteiger partial charge in [-0.1, -0.05) is 0 Å². The molecule has 1 aromatic heterocycles. The standard InChI is InChI=1S/C13H17F3N2O4S/c1-5-21-10(19)8-9(13(14,15)16)18-7(23-8)6-17-11(20)22-12(2,3)4/h5-6H2,1-4H3,(H,17,20). The topological polar surface area (TPSA) is 77.5 Å². The number of aromatic nitrogens is 1. The predicted octanol–water partition coefficient (Wildman–Crippen LogP) is 3.36. The van der Waals surface area contributed by atoms with Gasteiger partial charge in [0, 0.05) is 0 Å². The van der Waals surface area contributed by atoms with E-state index in [9.17, 15) is 22.8 Å². The van der Waals surface area contributed by atoms with Crippen LogP contribution in [0.25, 0.3) is 0 Å². The van der Waals surface area contributed by atoms with Crippen molar-refractivity contribution in [3.8, 4) is 0 Å². The van der Waals surface area contributed by atoms with Crippen molar-refractivity contribution >= 4 is 23.4 Å². The summed E-state index contributed by atoms with van der Waals surface area (Å²) in [4.78, 5) is 25.8. The Kier molecular flexibility index (Phi) is 5.98. The third kappa shape index (κ3) is 6.05. The summed E-state index contributed by atoms with van der Waals surface area (Å²) >= 11 is 0.518. The van der Waals surface area contributed by atoms with Crippen LogP contribution in [0.1, 0.15) is 48.1 Å². The molecule has 0 saturated carbocycles. The third-order valence-corrected chi connectivity index (χ3v) is 3.22. The molecule has 0 fully saturated rings. The molecule has 10 heteroatoms. The molecule has 0 bridgehead atoms. The minimum atomic E-state index is -4.79. The van der Waals surface area contributed by atoms with Crippen LogP contribution < -0.4 is 5.32 Å². The van der Waals surface area contributed by atoms with E-state index < -0.39 is 34.4 Å². The molecule has 1 aromatic rings. The Hall–Kier alpha value is -1.84. The van der Waals surface area contributed by atoms with E-state index in [4.69, 9.17) is 4.74 Å². The summed E-state index contributed by atoms with van der Waals surface area (Å²) in [5, 5.41) is 2.21. The Labute approximate surface area is 135 Å². The number of esters is 1. The monoisotopic (exact) mass is 354 g/mol. The zero-order valence-electron chi connectivity index (χ0n) is 13.0. The number of ether oxygens (including phenoxy) is 2. The molecule has 23 heavy (non-hydrogen) atoms. The van der Waals surface area contributed by atoms with Crippen LogP contribution in [0.2, 0.25) is 0 Å². The molecule has 0 aliphatic rings. The highest BCUT2D eigenvalue weighted by molar-refractivity contribution is 7.13. The highest BCUT2D eigenvalue weighted by Gasteiger charge is 2.40. The second-order valence-corrected chi connectivity index (χ2v) is 6.44. The van der Waals surface area contributed by atoms with E-state index in [1.807, 2.05) is 0 Å². The Morgan fingerprint density at radius 3 is 2.35 bits per heavy atom. The van der Waals surface area contributed by atoms with Gasteiger partial charge in [0.2, 0.25) is 0 Å². The van der Waals surface area contributed by atoms with Crippen molar-refractivity contribution in [2.24, 2.45) is 0 Å². The molecule has 0 saturated heterocycles. The number of rotatable bonds is 4. The number of hydrogen-bond donors (Lipinski definition) is 1. The van der Waals surface area contributed by atoms with Gasteiger partial charge in [-0.3, -0.25) is 0 Å². The number of nitrogens with zero attached hydrogens (tertiary/aromatic N) is 1. The number of alkyl halides is 3. The number of hydrogen-bond acceptors (Lipinski definition) is 6. The predicted molar refractivity (Wildman–Crippen MR) is 76.1 cm³/mol. The van der Waals surface area contributed by atoms with Gasteiger partial charge in [0.15, 0.2) is 5.69 Å². The molecule has 1 heterocycles. The van der Waals surface area contributed by atoms with Gasteiger partial charge in [-0.25, -0.2) is 14.6 Å².